The lowest BCUT2D eigenvalue weighted by Crippen LogP contribution is -1.98. The first kappa shape index (κ1) is 12.5. The smallest absolute Gasteiger partial charge is 0.122 e. The van der Waals surface area contributed by atoms with Crippen molar-refractivity contribution in [2.75, 3.05) is 6.61 Å². The summed E-state index contributed by atoms with van der Waals surface area (Å²) < 4.78 is 5.59. The number of para-hydroxylation sites is 2. The molecule has 0 aromatic heterocycles. The van der Waals surface area contributed by atoms with Gasteiger partial charge < -0.3 is 9.84 Å². The molecule has 2 rings (SSSR count). The molecule has 94 valence electrons. The van der Waals surface area contributed by atoms with Crippen molar-refractivity contribution in [3.05, 3.63) is 59.7 Å². The summed E-state index contributed by atoms with van der Waals surface area (Å²) >= 11 is 0. The molecule has 2 aromatic carbocycles. The van der Waals surface area contributed by atoms with Crippen molar-refractivity contribution in [1.29, 1.82) is 0 Å². The summed E-state index contributed by atoms with van der Waals surface area (Å²) in [5, 5.41) is 9.73. The number of aryl methyl sites for hydroxylation is 2. The third-order valence-electron chi connectivity index (χ3n) is 2.93. The molecule has 2 aromatic rings. The zero-order valence-corrected chi connectivity index (χ0v) is 10.6. The zero-order chi connectivity index (χ0) is 12.8. The Balaban J connectivity index is 2.08. The second-order valence-corrected chi connectivity index (χ2v) is 4.17. The summed E-state index contributed by atoms with van der Waals surface area (Å²) in [6.45, 7) is 2.66. The lowest BCUT2D eigenvalue weighted by Gasteiger charge is -2.10. The van der Waals surface area contributed by atoms with Crippen LogP contribution in [-0.4, -0.2) is 11.7 Å². The van der Waals surface area contributed by atoms with E-state index >= 15 is 0 Å². The van der Waals surface area contributed by atoms with Gasteiger partial charge in [-0.25, -0.2) is 0 Å². The van der Waals surface area contributed by atoms with Gasteiger partial charge in [0, 0.05) is 0 Å². The fraction of sp³-hybridized carbons (Fsp3) is 0.250. The summed E-state index contributed by atoms with van der Waals surface area (Å²) in [4.78, 5) is 0. The Labute approximate surface area is 108 Å². The molecule has 0 aliphatic carbocycles. The van der Waals surface area contributed by atoms with Crippen LogP contribution in [0.25, 0.3) is 0 Å². The zero-order valence-electron chi connectivity index (χ0n) is 10.6. The fourth-order valence-corrected chi connectivity index (χ4v) is 2.00. The first-order valence-electron chi connectivity index (χ1n) is 6.29. The molecule has 0 spiro atoms. The van der Waals surface area contributed by atoms with Crippen molar-refractivity contribution < 1.29 is 9.84 Å². The number of phenols is 1. The molecule has 0 saturated heterocycles. The molecule has 0 saturated carbocycles. The fourth-order valence-electron chi connectivity index (χ4n) is 2.00. The van der Waals surface area contributed by atoms with E-state index in [1.807, 2.05) is 43.3 Å². The van der Waals surface area contributed by atoms with Crippen LogP contribution in [0, 0.1) is 0 Å². The predicted molar refractivity (Wildman–Crippen MR) is 73.1 cm³/mol. The molecule has 0 fully saturated rings. The Bertz CT molecular complexity index is 506. The van der Waals surface area contributed by atoms with Gasteiger partial charge in [-0.2, -0.15) is 0 Å². The summed E-state index contributed by atoms with van der Waals surface area (Å²) in [7, 11) is 0. The standard InChI is InChI=1S/C16H18O2/c1-2-18-16-10-6-4-8-14(16)12-11-13-7-3-5-9-15(13)17/h3-10,17H,2,11-12H2,1H3. The van der Waals surface area contributed by atoms with Crippen LogP contribution in [0.1, 0.15) is 18.1 Å². The number of phenolic OH excluding ortho intramolecular Hbond substituents is 1. The van der Waals surface area contributed by atoms with E-state index in [0.717, 1.165) is 24.2 Å². The maximum atomic E-state index is 9.73. The summed E-state index contributed by atoms with van der Waals surface area (Å²) in [6, 6.07) is 15.5. The second-order valence-electron chi connectivity index (χ2n) is 4.17. The third kappa shape index (κ3) is 3.04. The average Bonchev–Trinajstić information content (AvgIpc) is 2.40. The number of rotatable bonds is 5. The van der Waals surface area contributed by atoms with Crippen molar-refractivity contribution in [2.45, 2.75) is 19.8 Å². The largest absolute Gasteiger partial charge is 0.508 e. The molecule has 0 aliphatic heterocycles. The highest BCUT2D eigenvalue weighted by molar-refractivity contribution is 5.36. The number of ether oxygens (including phenoxy) is 1. The van der Waals surface area contributed by atoms with Crippen LogP contribution in [0.4, 0.5) is 0 Å². The number of aromatic hydroxyl groups is 1. The third-order valence-corrected chi connectivity index (χ3v) is 2.93. The van der Waals surface area contributed by atoms with Gasteiger partial charge in [0.15, 0.2) is 0 Å². The molecule has 0 atom stereocenters. The van der Waals surface area contributed by atoms with Crippen LogP contribution < -0.4 is 4.74 Å². The molecule has 2 heteroatoms. The number of hydrogen-bond acceptors (Lipinski definition) is 2. The van der Waals surface area contributed by atoms with Gasteiger partial charge >= 0.3 is 0 Å². The van der Waals surface area contributed by atoms with Crippen LogP contribution in [-0.2, 0) is 12.8 Å². The van der Waals surface area contributed by atoms with Crippen LogP contribution in [0.5, 0.6) is 11.5 Å². The van der Waals surface area contributed by atoms with Gasteiger partial charge in [-0.1, -0.05) is 36.4 Å². The molecule has 0 bridgehead atoms. The van der Waals surface area contributed by atoms with Gasteiger partial charge in [-0.05, 0) is 43.0 Å². The van der Waals surface area contributed by atoms with Crippen molar-refractivity contribution in [1.82, 2.24) is 0 Å². The lowest BCUT2D eigenvalue weighted by atomic mass is 10.0. The minimum Gasteiger partial charge on any atom is -0.508 e. The molecular formula is C16H18O2. The highest BCUT2D eigenvalue weighted by Gasteiger charge is 2.05. The SMILES string of the molecule is CCOc1ccccc1CCc1ccccc1O. The Morgan fingerprint density at radius 1 is 0.889 bits per heavy atom. The molecule has 1 N–H and O–H groups in total. The molecule has 0 heterocycles. The highest BCUT2D eigenvalue weighted by atomic mass is 16.5. The summed E-state index contributed by atoms with van der Waals surface area (Å²) in [5.41, 5.74) is 2.16. The van der Waals surface area contributed by atoms with E-state index in [1.54, 1.807) is 6.07 Å². The first-order chi connectivity index (χ1) is 8.81. The van der Waals surface area contributed by atoms with E-state index in [4.69, 9.17) is 4.74 Å². The molecule has 2 nitrogen and oxygen atoms in total. The minimum absolute atomic E-state index is 0.367. The molecule has 0 amide bonds. The topological polar surface area (TPSA) is 29.5 Å². The Morgan fingerprint density at radius 3 is 2.22 bits per heavy atom. The maximum absolute atomic E-state index is 9.73. The van der Waals surface area contributed by atoms with Gasteiger partial charge in [-0.15, -0.1) is 0 Å². The normalized spacial score (nSPS) is 10.3. The number of hydrogen-bond donors (Lipinski definition) is 1. The van der Waals surface area contributed by atoms with E-state index in [9.17, 15) is 5.11 Å². The number of benzene rings is 2. The Kier molecular flexibility index (Phi) is 4.24. The molecular weight excluding hydrogens is 224 g/mol. The van der Waals surface area contributed by atoms with Gasteiger partial charge in [0.2, 0.25) is 0 Å². The van der Waals surface area contributed by atoms with Crippen LogP contribution >= 0.6 is 0 Å². The van der Waals surface area contributed by atoms with Crippen molar-refractivity contribution in [3.8, 4) is 11.5 Å². The van der Waals surface area contributed by atoms with Crippen LogP contribution in [0.3, 0.4) is 0 Å². The average molecular weight is 242 g/mol. The summed E-state index contributed by atoms with van der Waals surface area (Å²) in [6.07, 6.45) is 1.69. The minimum atomic E-state index is 0.367. The van der Waals surface area contributed by atoms with Crippen LogP contribution in [0.2, 0.25) is 0 Å². The van der Waals surface area contributed by atoms with E-state index in [0.29, 0.717) is 12.4 Å². The van der Waals surface area contributed by atoms with Gasteiger partial charge in [-0.3, -0.25) is 0 Å². The Morgan fingerprint density at radius 2 is 1.50 bits per heavy atom. The monoisotopic (exact) mass is 242 g/mol. The van der Waals surface area contributed by atoms with Gasteiger partial charge in [0.05, 0.1) is 6.61 Å². The van der Waals surface area contributed by atoms with E-state index in [-0.39, 0.29) is 0 Å². The predicted octanol–water partition coefficient (Wildman–Crippen LogP) is 3.58. The Hall–Kier alpha value is -1.96. The first-order valence-corrected chi connectivity index (χ1v) is 6.29. The molecule has 0 unspecified atom stereocenters. The van der Waals surface area contributed by atoms with Gasteiger partial charge in [0.1, 0.15) is 11.5 Å². The molecule has 18 heavy (non-hydrogen) atoms. The van der Waals surface area contributed by atoms with E-state index < -0.39 is 0 Å². The molecule has 0 aliphatic rings. The van der Waals surface area contributed by atoms with E-state index in [1.165, 1.54) is 5.56 Å². The molecule has 0 radical (unpaired) electrons. The maximum Gasteiger partial charge on any atom is 0.122 e. The van der Waals surface area contributed by atoms with Crippen LogP contribution in [0.15, 0.2) is 48.5 Å². The van der Waals surface area contributed by atoms with Crippen molar-refractivity contribution >= 4 is 0 Å². The van der Waals surface area contributed by atoms with Crippen molar-refractivity contribution in [2.24, 2.45) is 0 Å². The van der Waals surface area contributed by atoms with Gasteiger partial charge in [0.25, 0.3) is 0 Å². The highest BCUT2D eigenvalue weighted by Crippen LogP contribution is 2.22. The second kappa shape index (κ2) is 6.10. The quantitative estimate of drug-likeness (QED) is 0.868. The lowest BCUT2D eigenvalue weighted by molar-refractivity contribution is 0.336. The van der Waals surface area contributed by atoms with E-state index in [2.05, 4.69) is 6.07 Å². The van der Waals surface area contributed by atoms with Crippen molar-refractivity contribution in [3.63, 3.8) is 0 Å². The summed E-state index contributed by atoms with van der Waals surface area (Å²) in [5.74, 6) is 1.31.